The smallest absolute Gasteiger partial charge is 0.213 e. The van der Waals surface area contributed by atoms with Gasteiger partial charge in [0.05, 0.1) is 6.61 Å². The average molecular weight is 361 g/mol. The van der Waals surface area contributed by atoms with Gasteiger partial charge in [-0.25, -0.2) is 4.98 Å². The Morgan fingerprint density at radius 3 is 2.28 bits per heavy atom. The maximum absolute atomic E-state index is 5.59. The molecule has 0 N–H and O–H groups in total. The molecule has 0 spiro atoms. The van der Waals surface area contributed by atoms with Gasteiger partial charge in [-0.3, -0.25) is 0 Å². The van der Waals surface area contributed by atoms with Crippen molar-refractivity contribution in [1.29, 1.82) is 0 Å². The van der Waals surface area contributed by atoms with Crippen molar-refractivity contribution >= 4 is 22.6 Å². The van der Waals surface area contributed by atoms with Gasteiger partial charge < -0.3 is 4.74 Å². The van der Waals surface area contributed by atoms with Crippen LogP contribution in [0.25, 0.3) is 0 Å². The minimum atomic E-state index is 0.748. The first-order chi connectivity index (χ1) is 8.83. The maximum Gasteiger partial charge on any atom is 0.213 e. The monoisotopic (exact) mass is 361 g/mol. The van der Waals surface area contributed by atoms with Gasteiger partial charge in [-0.15, -0.1) is 0 Å². The molecule has 1 heterocycles. The zero-order valence-corrected chi connectivity index (χ0v) is 13.5. The third-order valence-electron chi connectivity index (χ3n) is 2.95. The van der Waals surface area contributed by atoms with E-state index in [-0.39, 0.29) is 0 Å². The molecule has 18 heavy (non-hydrogen) atoms. The third kappa shape index (κ3) is 7.90. The topological polar surface area (TPSA) is 22.1 Å². The van der Waals surface area contributed by atoms with Crippen LogP contribution >= 0.6 is 22.6 Å². The van der Waals surface area contributed by atoms with E-state index in [1.807, 2.05) is 18.3 Å². The summed E-state index contributed by atoms with van der Waals surface area (Å²) in [6.07, 6.45) is 12.5. The molecular weight excluding hydrogens is 337 g/mol. The molecule has 0 aliphatic carbocycles. The lowest BCUT2D eigenvalue weighted by atomic mass is 10.1. The van der Waals surface area contributed by atoms with Crippen molar-refractivity contribution in [3.8, 4) is 5.88 Å². The Morgan fingerprint density at radius 2 is 1.67 bits per heavy atom. The number of hydrogen-bond donors (Lipinski definition) is 0. The fraction of sp³-hybridized carbons (Fsp3) is 0.667. The van der Waals surface area contributed by atoms with Crippen molar-refractivity contribution in [1.82, 2.24) is 4.98 Å². The van der Waals surface area contributed by atoms with Crippen molar-refractivity contribution in [3.05, 3.63) is 21.9 Å². The van der Waals surface area contributed by atoms with Crippen LogP contribution < -0.4 is 4.74 Å². The molecule has 0 amide bonds. The standard InChI is InChI=1S/C15H24INO/c1-2-3-4-5-6-7-8-9-12-18-15-11-10-14(16)13-17-15/h10-11,13H,2-9,12H2,1H3. The van der Waals surface area contributed by atoms with Crippen LogP contribution in [0.15, 0.2) is 18.3 Å². The van der Waals surface area contributed by atoms with E-state index in [0.29, 0.717) is 0 Å². The van der Waals surface area contributed by atoms with Crippen LogP contribution in [0.1, 0.15) is 58.3 Å². The third-order valence-corrected chi connectivity index (χ3v) is 3.59. The molecule has 1 rings (SSSR count). The van der Waals surface area contributed by atoms with Gasteiger partial charge in [-0.2, -0.15) is 0 Å². The fourth-order valence-electron chi connectivity index (χ4n) is 1.86. The van der Waals surface area contributed by atoms with Gasteiger partial charge in [-0.05, 0) is 35.1 Å². The Balaban J connectivity index is 1.91. The molecule has 1 aromatic heterocycles. The van der Waals surface area contributed by atoms with Gasteiger partial charge in [0.1, 0.15) is 0 Å². The number of ether oxygens (including phenoxy) is 1. The summed E-state index contributed by atoms with van der Waals surface area (Å²) >= 11 is 2.25. The summed E-state index contributed by atoms with van der Waals surface area (Å²) in [5.74, 6) is 0.748. The van der Waals surface area contributed by atoms with Crippen LogP contribution in [0.5, 0.6) is 5.88 Å². The van der Waals surface area contributed by atoms with Crippen molar-refractivity contribution < 1.29 is 4.74 Å². The van der Waals surface area contributed by atoms with Crippen LogP contribution in [-0.4, -0.2) is 11.6 Å². The summed E-state index contributed by atoms with van der Waals surface area (Å²) in [6, 6.07) is 3.96. The minimum Gasteiger partial charge on any atom is -0.478 e. The molecular formula is C15H24INO. The fourth-order valence-corrected chi connectivity index (χ4v) is 2.18. The second-order valence-electron chi connectivity index (χ2n) is 4.64. The second-order valence-corrected chi connectivity index (χ2v) is 5.88. The minimum absolute atomic E-state index is 0.748. The zero-order chi connectivity index (χ0) is 13.1. The number of aromatic nitrogens is 1. The first-order valence-corrected chi connectivity index (χ1v) is 8.15. The molecule has 1 aromatic rings. The van der Waals surface area contributed by atoms with E-state index >= 15 is 0 Å². The largest absolute Gasteiger partial charge is 0.478 e. The molecule has 0 saturated carbocycles. The molecule has 102 valence electrons. The van der Waals surface area contributed by atoms with Gasteiger partial charge in [0.25, 0.3) is 0 Å². The molecule has 0 saturated heterocycles. The molecule has 2 nitrogen and oxygen atoms in total. The van der Waals surface area contributed by atoms with Gasteiger partial charge in [0.15, 0.2) is 0 Å². The van der Waals surface area contributed by atoms with Crippen LogP contribution in [0.3, 0.4) is 0 Å². The van der Waals surface area contributed by atoms with E-state index in [2.05, 4.69) is 34.5 Å². The number of unbranched alkanes of at least 4 members (excludes halogenated alkanes) is 7. The number of rotatable bonds is 10. The highest BCUT2D eigenvalue weighted by Crippen LogP contribution is 2.11. The number of pyridine rings is 1. The van der Waals surface area contributed by atoms with Gasteiger partial charge in [-0.1, -0.05) is 51.9 Å². The van der Waals surface area contributed by atoms with E-state index in [1.165, 1.54) is 44.9 Å². The highest BCUT2D eigenvalue weighted by atomic mass is 127. The zero-order valence-electron chi connectivity index (χ0n) is 11.3. The summed E-state index contributed by atoms with van der Waals surface area (Å²) in [5, 5.41) is 0. The Hall–Kier alpha value is -0.320. The summed E-state index contributed by atoms with van der Waals surface area (Å²) < 4.78 is 6.74. The van der Waals surface area contributed by atoms with Crippen molar-refractivity contribution in [2.75, 3.05) is 6.61 Å². The molecule has 0 radical (unpaired) electrons. The molecule has 0 aliphatic rings. The van der Waals surface area contributed by atoms with Gasteiger partial charge in [0.2, 0.25) is 5.88 Å². The summed E-state index contributed by atoms with van der Waals surface area (Å²) in [5.41, 5.74) is 0. The molecule has 0 atom stereocenters. The van der Waals surface area contributed by atoms with E-state index in [1.54, 1.807) is 0 Å². The SMILES string of the molecule is CCCCCCCCCCOc1ccc(I)cn1. The van der Waals surface area contributed by atoms with E-state index in [9.17, 15) is 0 Å². The first-order valence-electron chi connectivity index (χ1n) is 7.07. The normalized spacial score (nSPS) is 10.6. The van der Waals surface area contributed by atoms with Gasteiger partial charge >= 0.3 is 0 Å². The number of halogens is 1. The highest BCUT2D eigenvalue weighted by molar-refractivity contribution is 14.1. The lowest BCUT2D eigenvalue weighted by molar-refractivity contribution is 0.293. The first kappa shape index (κ1) is 15.7. The molecule has 3 heteroatoms. The Labute approximate surface area is 125 Å². The quantitative estimate of drug-likeness (QED) is 0.422. The summed E-state index contributed by atoms with van der Waals surface area (Å²) in [6.45, 7) is 3.05. The molecule has 0 fully saturated rings. The van der Waals surface area contributed by atoms with Crippen molar-refractivity contribution in [2.45, 2.75) is 58.3 Å². The maximum atomic E-state index is 5.59. The van der Waals surface area contributed by atoms with Crippen molar-refractivity contribution in [3.63, 3.8) is 0 Å². The predicted molar refractivity (Wildman–Crippen MR) is 85.1 cm³/mol. The predicted octanol–water partition coefficient (Wildman–Crippen LogP) is 5.21. The molecule has 0 unspecified atom stereocenters. The highest BCUT2D eigenvalue weighted by Gasteiger charge is 1.95. The molecule has 0 aliphatic heterocycles. The van der Waals surface area contributed by atoms with E-state index in [0.717, 1.165) is 22.5 Å². The van der Waals surface area contributed by atoms with Crippen LogP contribution in [0.2, 0.25) is 0 Å². The summed E-state index contributed by atoms with van der Waals surface area (Å²) in [4.78, 5) is 4.22. The number of hydrogen-bond acceptors (Lipinski definition) is 2. The van der Waals surface area contributed by atoms with Crippen LogP contribution in [-0.2, 0) is 0 Å². The van der Waals surface area contributed by atoms with E-state index < -0.39 is 0 Å². The van der Waals surface area contributed by atoms with Crippen molar-refractivity contribution in [2.24, 2.45) is 0 Å². The Bertz CT molecular complexity index is 300. The lowest BCUT2D eigenvalue weighted by Gasteiger charge is -2.05. The summed E-state index contributed by atoms with van der Waals surface area (Å²) in [7, 11) is 0. The lowest BCUT2D eigenvalue weighted by Crippen LogP contribution is -1.98. The van der Waals surface area contributed by atoms with E-state index in [4.69, 9.17) is 4.74 Å². The van der Waals surface area contributed by atoms with Gasteiger partial charge in [0, 0.05) is 15.8 Å². The number of nitrogens with zero attached hydrogens (tertiary/aromatic N) is 1. The Kier molecular flexibility index (Phi) is 9.26. The Morgan fingerprint density at radius 1 is 1.00 bits per heavy atom. The van der Waals surface area contributed by atoms with Crippen LogP contribution in [0, 0.1) is 3.57 Å². The molecule has 0 bridgehead atoms. The average Bonchev–Trinajstić information content (AvgIpc) is 2.39. The molecule has 0 aromatic carbocycles. The second kappa shape index (κ2) is 10.6. The van der Waals surface area contributed by atoms with Crippen LogP contribution in [0.4, 0.5) is 0 Å².